The van der Waals surface area contributed by atoms with Gasteiger partial charge in [-0.25, -0.2) is 4.79 Å². The number of amides is 1. The summed E-state index contributed by atoms with van der Waals surface area (Å²) in [5.41, 5.74) is -0.504. The molecule has 6 nitrogen and oxygen atoms in total. The quantitative estimate of drug-likeness (QED) is 0.527. The number of rotatable bonds is 7. The largest absolute Gasteiger partial charge is 0.480 e. The van der Waals surface area contributed by atoms with Crippen LogP contribution in [0.2, 0.25) is 0 Å². The Morgan fingerprint density at radius 3 is 2.68 bits per heavy atom. The monoisotopic (exact) mass is 272 g/mol. The zero-order valence-corrected chi connectivity index (χ0v) is 11.4. The van der Waals surface area contributed by atoms with Gasteiger partial charge in [0.2, 0.25) is 5.91 Å². The Hall–Kier alpha value is -1.14. The standard InChI is InChI=1S/C13H24N2O4/c1-2-5-13(6-3-7-14-9-13)12(19)15-10(4-8-16)11(17)18/h10,14,16H,2-9H2,1H3,(H,15,19)(H,17,18)/t10-,13?/m0/s1. The number of carbonyl (C=O) groups is 2. The molecule has 1 unspecified atom stereocenters. The first-order valence-corrected chi connectivity index (χ1v) is 6.91. The van der Waals surface area contributed by atoms with Crippen LogP contribution in [-0.2, 0) is 9.59 Å². The highest BCUT2D eigenvalue weighted by Gasteiger charge is 2.40. The molecule has 0 bridgehead atoms. The molecule has 19 heavy (non-hydrogen) atoms. The van der Waals surface area contributed by atoms with Gasteiger partial charge in [0.1, 0.15) is 6.04 Å². The fraction of sp³-hybridized carbons (Fsp3) is 0.846. The lowest BCUT2D eigenvalue weighted by molar-refractivity contribution is -0.145. The summed E-state index contributed by atoms with van der Waals surface area (Å²) in [4.78, 5) is 23.4. The summed E-state index contributed by atoms with van der Waals surface area (Å²) >= 11 is 0. The first kappa shape index (κ1) is 15.9. The molecular weight excluding hydrogens is 248 g/mol. The van der Waals surface area contributed by atoms with Crippen LogP contribution in [0.1, 0.15) is 39.0 Å². The van der Waals surface area contributed by atoms with Crippen LogP contribution in [0.3, 0.4) is 0 Å². The topological polar surface area (TPSA) is 98.7 Å². The van der Waals surface area contributed by atoms with Gasteiger partial charge in [0.25, 0.3) is 0 Å². The minimum Gasteiger partial charge on any atom is -0.480 e. The van der Waals surface area contributed by atoms with Crippen molar-refractivity contribution in [3.8, 4) is 0 Å². The van der Waals surface area contributed by atoms with Crippen LogP contribution in [-0.4, -0.2) is 47.8 Å². The fourth-order valence-electron chi connectivity index (χ4n) is 2.66. The molecule has 1 fully saturated rings. The smallest absolute Gasteiger partial charge is 0.326 e. The highest BCUT2D eigenvalue weighted by Crippen LogP contribution is 2.32. The average molecular weight is 272 g/mol. The Labute approximate surface area is 113 Å². The van der Waals surface area contributed by atoms with E-state index in [4.69, 9.17) is 10.2 Å². The number of piperidine rings is 1. The van der Waals surface area contributed by atoms with Gasteiger partial charge < -0.3 is 20.8 Å². The summed E-state index contributed by atoms with van der Waals surface area (Å²) in [6.45, 7) is 3.26. The minimum absolute atomic E-state index is 0.0384. The molecule has 1 saturated heterocycles. The van der Waals surface area contributed by atoms with Crippen LogP contribution in [0, 0.1) is 5.41 Å². The second-order valence-electron chi connectivity index (χ2n) is 5.19. The SMILES string of the molecule is CCCC1(C(=O)N[C@@H](CCO)C(=O)O)CCCNC1. The Balaban J connectivity index is 2.73. The van der Waals surface area contributed by atoms with E-state index in [9.17, 15) is 9.59 Å². The third-order valence-corrected chi connectivity index (χ3v) is 3.70. The molecule has 1 aliphatic rings. The predicted molar refractivity (Wildman–Crippen MR) is 70.7 cm³/mol. The number of hydrogen-bond donors (Lipinski definition) is 4. The molecule has 1 heterocycles. The van der Waals surface area contributed by atoms with E-state index >= 15 is 0 Å². The second-order valence-corrected chi connectivity index (χ2v) is 5.19. The lowest BCUT2D eigenvalue weighted by atomic mass is 9.76. The van der Waals surface area contributed by atoms with E-state index in [0.29, 0.717) is 6.54 Å². The molecular formula is C13H24N2O4. The third kappa shape index (κ3) is 4.18. The van der Waals surface area contributed by atoms with Crippen molar-refractivity contribution < 1.29 is 19.8 Å². The van der Waals surface area contributed by atoms with E-state index in [1.165, 1.54) is 0 Å². The summed E-state index contributed by atoms with van der Waals surface area (Å²) < 4.78 is 0. The molecule has 0 aromatic carbocycles. The summed E-state index contributed by atoms with van der Waals surface area (Å²) in [6.07, 6.45) is 3.37. The lowest BCUT2D eigenvalue weighted by Crippen LogP contribution is -2.54. The van der Waals surface area contributed by atoms with E-state index in [1.54, 1.807) is 0 Å². The maximum atomic E-state index is 12.4. The van der Waals surface area contributed by atoms with Crippen molar-refractivity contribution in [2.24, 2.45) is 5.41 Å². The number of hydrogen-bond acceptors (Lipinski definition) is 4. The number of nitrogens with one attached hydrogen (secondary N) is 2. The van der Waals surface area contributed by atoms with Crippen LogP contribution in [0.4, 0.5) is 0 Å². The van der Waals surface area contributed by atoms with Crippen LogP contribution in [0.25, 0.3) is 0 Å². The van der Waals surface area contributed by atoms with Crippen molar-refractivity contribution in [1.82, 2.24) is 10.6 Å². The average Bonchev–Trinajstić information content (AvgIpc) is 2.39. The summed E-state index contributed by atoms with van der Waals surface area (Å²) in [5, 5.41) is 23.7. The number of aliphatic hydroxyl groups excluding tert-OH is 1. The van der Waals surface area contributed by atoms with Crippen molar-refractivity contribution in [1.29, 1.82) is 0 Å². The van der Waals surface area contributed by atoms with Gasteiger partial charge in [-0.05, 0) is 25.8 Å². The molecule has 6 heteroatoms. The number of carboxylic acids is 1. The van der Waals surface area contributed by atoms with Crippen molar-refractivity contribution in [2.45, 2.75) is 45.1 Å². The minimum atomic E-state index is -1.10. The predicted octanol–water partition coefficient (Wildman–Crippen LogP) is 0.108. The van der Waals surface area contributed by atoms with E-state index in [2.05, 4.69) is 10.6 Å². The summed E-state index contributed by atoms with van der Waals surface area (Å²) in [5.74, 6) is -1.31. The van der Waals surface area contributed by atoms with Crippen LogP contribution >= 0.6 is 0 Å². The Morgan fingerprint density at radius 2 is 2.21 bits per heavy atom. The molecule has 0 aromatic heterocycles. The molecule has 0 saturated carbocycles. The molecule has 4 N–H and O–H groups in total. The van der Waals surface area contributed by atoms with Crippen molar-refractivity contribution in [3.05, 3.63) is 0 Å². The summed E-state index contributed by atoms with van der Waals surface area (Å²) in [6, 6.07) is -1.01. The highest BCUT2D eigenvalue weighted by atomic mass is 16.4. The van der Waals surface area contributed by atoms with Crippen LogP contribution in [0.5, 0.6) is 0 Å². The molecule has 1 amide bonds. The van der Waals surface area contributed by atoms with Gasteiger partial charge in [0.05, 0.1) is 5.41 Å². The van der Waals surface area contributed by atoms with E-state index in [1.807, 2.05) is 6.92 Å². The maximum Gasteiger partial charge on any atom is 0.326 e. The number of carboxylic acid groups (broad SMARTS) is 1. The van der Waals surface area contributed by atoms with E-state index in [0.717, 1.165) is 32.2 Å². The van der Waals surface area contributed by atoms with Gasteiger partial charge >= 0.3 is 5.97 Å². The number of aliphatic carboxylic acids is 1. The fourth-order valence-corrected chi connectivity index (χ4v) is 2.66. The third-order valence-electron chi connectivity index (χ3n) is 3.70. The zero-order chi connectivity index (χ0) is 14.3. The molecule has 0 aliphatic carbocycles. The Kier molecular flexibility index (Phi) is 6.24. The van der Waals surface area contributed by atoms with Gasteiger partial charge in [-0.3, -0.25) is 4.79 Å². The highest BCUT2D eigenvalue weighted by molar-refractivity contribution is 5.87. The van der Waals surface area contributed by atoms with E-state index in [-0.39, 0.29) is 18.9 Å². The Bertz CT molecular complexity index is 308. The Morgan fingerprint density at radius 1 is 1.47 bits per heavy atom. The molecule has 0 aromatic rings. The number of carbonyl (C=O) groups excluding carboxylic acids is 1. The van der Waals surface area contributed by atoms with Gasteiger partial charge in [0, 0.05) is 19.6 Å². The van der Waals surface area contributed by atoms with Gasteiger partial charge in [0.15, 0.2) is 0 Å². The van der Waals surface area contributed by atoms with E-state index < -0.39 is 17.4 Å². The zero-order valence-electron chi connectivity index (χ0n) is 11.4. The molecule has 2 atom stereocenters. The number of aliphatic hydroxyl groups is 1. The normalized spacial score (nSPS) is 24.7. The molecule has 0 spiro atoms. The molecule has 0 radical (unpaired) electrons. The lowest BCUT2D eigenvalue weighted by Gasteiger charge is -2.37. The summed E-state index contributed by atoms with van der Waals surface area (Å²) in [7, 11) is 0. The molecule has 1 rings (SSSR count). The van der Waals surface area contributed by atoms with Gasteiger partial charge in [-0.15, -0.1) is 0 Å². The maximum absolute atomic E-state index is 12.4. The van der Waals surface area contributed by atoms with Crippen LogP contribution < -0.4 is 10.6 Å². The second kappa shape index (κ2) is 7.45. The first-order chi connectivity index (χ1) is 9.05. The van der Waals surface area contributed by atoms with Gasteiger partial charge in [-0.1, -0.05) is 13.3 Å². The molecule has 110 valence electrons. The first-order valence-electron chi connectivity index (χ1n) is 6.91. The van der Waals surface area contributed by atoms with Crippen molar-refractivity contribution in [2.75, 3.05) is 19.7 Å². The van der Waals surface area contributed by atoms with Gasteiger partial charge in [-0.2, -0.15) is 0 Å². The van der Waals surface area contributed by atoms with Crippen molar-refractivity contribution >= 4 is 11.9 Å². The van der Waals surface area contributed by atoms with Crippen molar-refractivity contribution in [3.63, 3.8) is 0 Å². The molecule has 1 aliphatic heterocycles. The van der Waals surface area contributed by atoms with Crippen LogP contribution in [0.15, 0.2) is 0 Å².